The van der Waals surface area contributed by atoms with E-state index < -0.39 is 0 Å². The molecule has 0 radical (unpaired) electrons. The van der Waals surface area contributed by atoms with Crippen molar-refractivity contribution >= 4 is 5.69 Å². The second-order valence-corrected chi connectivity index (χ2v) is 5.50. The highest BCUT2D eigenvalue weighted by atomic mass is 15.1. The number of hydrogen-bond acceptors (Lipinski definition) is 2. The molecule has 0 aliphatic heterocycles. The van der Waals surface area contributed by atoms with E-state index in [1.807, 2.05) is 13.0 Å². The Labute approximate surface area is 110 Å². The first kappa shape index (κ1) is 13.0. The van der Waals surface area contributed by atoms with Crippen LogP contribution in [-0.4, -0.2) is 13.6 Å². The molecule has 0 spiro atoms. The predicted octanol–water partition coefficient (Wildman–Crippen LogP) is 3.88. The van der Waals surface area contributed by atoms with Crippen LogP contribution in [-0.2, 0) is 0 Å². The lowest BCUT2D eigenvalue weighted by molar-refractivity contribution is 0.362. The smallest absolute Gasteiger partial charge is 0.0994 e. The van der Waals surface area contributed by atoms with E-state index in [9.17, 15) is 0 Å². The second-order valence-electron chi connectivity index (χ2n) is 5.50. The van der Waals surface area contributed by atoms with Crippen LogP contribution in [0.1, 0.15) is 43.2 Å². The van der Waals surface area contributed by atoms with Gasteiger partial charge < -0.3 is 4.90 Å². The molecule has 2 nitrogen and oxygen atoms in total. The summed E-state index contributed by atoms with van der Waals surface area (Å²) in [6.45, 7) is 3.15. The molecule has 1 aliphatic carbocycles. The summed E-state index contributed by atoms with van der Waals surface area (Å²) in [6.07, 6.45) is 6.95. The first-order valence-electron chi connectivity index (χ1n) is 6.92. The Morgan fingerprint density at radius 3 is 2.61 bits per heavy atom. The minimum atomic E-state index is 0.782. The molecule has 0 aromatic heterocycles. The summed E-state index contributed by atoms with van der Waals surface area (Å²) in [5.74, 6) is 0.847. The summed E-state index contributed by atoms with van der Waals surface area (Å²) < 4.78 is 0. The van der Waals surface area contributed by atoms with Crippen molar-refractivity contribution < 1.29 is 0 Å². The van der Waals surface area contributed by atoms with Gasteiger partial charge in [0.15, 0.2) is 0 Å². The fourth-order valence-electron chi connectivity index (χ4n) is 2.87. The topological polar surface area (TPSA) is 27.0 Å². The molecule has 2 heteroatoms. The molecule has 96 valence electrons. The van der Waals surface area contributed by atoms with Crippen molar-refractivity contribution in [1.29, 1.82) is 5.26 Å². The van der Waals surface area contributed by atoms with Crippen LogP contribution >= 0.6 is 0 Å². The van der Waals surface area contributed by atoms with E-state index in [1.54, 1.807) is 0 Å². The van der Waals surface area contributed by atoms with Crippen LogP contribution in [0.5, 0.6) is 0 Å². The number of rotatable bonds is 3. The average Bonchev–Trinajstić information content (AvgIpc) is 2.39. The number of hydrogen-bond donors (Lipinski definition) is 0. The van der Waals surface area contributed by atoms with Crippen molar-refractivity contribution in [3.8, 4) is 6.07 Å². The highest BCUT2D eigenvalue weighted by Crippen LogP contribution is 2.26. The van der Waals surface area contributed by atoms with E-state index in [4.69, 9.17) is 5.26 Å². The Hall–Kier alpha value is -1.49. The van der Waals surface area contributed by atoms with Gasteiger partial charge in [-0.05, 0) is 49.4 Å². The van der Waals surface area contributed by atoms with Crippen LogP contribution in [0.3, 0.4) is 0 Å². The average molecular weight is 242 g/mol. The van der Waals surface area contributed by atoms with Crippen LogP contribution in [0.4, 0.5) is 5.69 Å². The Kier molecular flexibility index (Phi) is 4.25. The molecule has 0 heterocycles. The third kappa shape index (κ3) is 3.04. The van der Waals surface area contributed by atoms with E-state index in [2.05, 4.69) is 30.1 Å². The Morgan fingerprint density at radius 1 is 1.28 bits per heavy atom. The van der Waals surface area contributed by atoms with E-state index >= 15 is 0 Å². The zero-order valence-electron chi connectivity index (χ0n) is 11.4. The molecule has 1 aliphatic rings. The zero-order chi connectivity index (χ0) is 13.0. The van der Waals surface area contributed by atoms with Gasteiger partial charge in [0, 0.05) is 19.3 Å². The SMILES string of the molecule is Cc1cc(N(C)CC2CCCCC2)ccc1C#N. The van der Waals surface area contributed by atoms with Crippen LogP contribution in [0.15, 0.2) is 18.2 Å². The van der Waals surface area contributed by atoms with Gasteiger partial charge in [-0.15, -0.1) is 0 Å². The van der Waals surface area contributed by atoms with Crippen LogP contribution in [0.2, 0.25) is 0 Å². The molecule has 1 fully saturated rings. The summed E-state index contributed by atoms with van der Waals surface area (Å²) in [5, 5.41) is 8.95. The lowest BCUT2D eigenvalue weighted by Crippen LogP contribution is -2.26. The molecule has 0 saturated heterocycles. The van der Waals surface area contributed by atoms with Gasteiger partial charge in [0.25, 0.3) is 0 Å². The summed E-state index contributed by atoms with van der Waals surface area (Å²) in [7, 11) is 2.16. The minimum Gasteiger partial charge on any atom is -0.374 e. The molecule has 1 aromatic carbocycles. The molecule has 1 aromatic rings. The van der Waals surface area contributed by atoms with E-state index in [1.165, 1.54) is 37.8 Å². The van der Waals surface area contributed by atoms with Gasteiger partial charge in [-0.3, -0.25) is 0 Å². The summed E-state index contributed by atoms with van der Waals surface area (Å²) in [6, 6.07) is 8.35. The van der Waals surface area contributed by atoms with Gasteiger partial charge in [0.05, 0.1) is 11.6 Å². The Morgan fingerprint density at radius 2 is 2.00 bits per heavy atom. The normalized spacial score (nSPS) is 16.3. The third-order valence-electron chi connectivity index (χ3n) is 4.03. The molecule has 2 rings (SSSR count). The second kappa shape index (κ2) is 5.91. The molecule has 18 heavy (non-hydrogen) atoms. The minimum absolute atomic E-state index is 0.782. The predicted molar refractivity (Wildman–Crippen MR) is 75.7 cm³/mol. The number of benzene rings is 1. The molecule has 0 unspecified atom stereocenters. The third-order valence-corrected chi connectivity index (χ3v) is 4.03. The number of anilines is 1. The first-order chi connectivity index (χ1) is 8.70. The van der Waals surface area contributed by atoms with Gasteiger partial charge in [0.1, 0.15) is 0 Å². The molecule has 0 bridgehead atoms. The maximum Gasteiger partial charge on any atom is 0.0994 e. The van der Waals surface area contributed by atoms with Gasteiger partial charge in [-0.1, -0.05) is 19.3 Å². The number of nitrogens with zero attached hydrogens (tertiary/aromatic N) is 2. The van der Waals surface area contributed by atoms with Gasteiger partial charge in [-0.25, -0.2) is 0 Å². The summed E-state index contributed by atoms with van der Waals surface area (Å²) in [4.78, 5) is 2.34. The molecule has 0 atom stereocenters. The van der Waals surface area contributed by atoms with Crippen molar-refractivity contribution in [2.45, 2.75) is 39.0 Å². The summed E-state index contributed by atoms with van der Waals surface area (Å²) >= 11 is 0. The molecule has 0 amide bonds. The van der Waals surface area contributed by atoms with E-state index in [0.29, 0.717) is 0 Å². The standard InChI is InChI=1S/C16H22N2/c1-13-10-16(9-8-15(13)11-17)18(2)12-14-6-4-3-5-7-14/h8-10,14H,3-7,12H2,1-2H3. The van der Waals surface area contributed by atoms with E-state index in [-0.39, 0.29) is 0 Å². The van der Waals surface area contributed by atoms with Crippen LogP contribution < -0.4 is 4.90 Å². The lowest BCUT2D eigenvalue weighted by atomic mass is 9.89. The highest BCUT2D eigenvalue weighted by molar-refractivity contribution is 5.53. The van der Waals surface area contributed by atoms with Gasteiger partial charge in [-0.2, -0.15) is 5.26 Å². The van der Waals surface area contributed by atoms with Crippen LogP contribution in [0, 0.1) is 24.2 Å². The molecular formula is C16H22N2. The maximum absolute atomic E-state index is 8.95. The van der Waals surface area contributed by atoms with Crippen molar-refractivity contribution in [3.05, 3.63) is 29.3 Å². The lowest BCUT2D eigenvalue weighted by Gasteiger charge is -2.28. The fourth-order valence-corrected chi connectivity index (χ4v) is 2.87. The fraction of sp³-hybridized carbons (Fsp3) is 0.562. The highest BCUT2D eigenvalue weighted by Gasteiger charge is 2.15. The van der Waals surface area contributed by atoms with Crippen molar-refractivity contribution in [3.63, 3.8) is 0 Å². The Balaban J connectivity index is 2.02. The van der Waals surface area contributed by atoms with Gasteiger partial charge >= 0.3 is 0 Å². The van der Waals surface area contributed by atoms with Crippen molar-refractivity contribution in [2.24, 2.45) is 5.92 Å². The Bertz CT molecular complexity index is 439. The zero-order valence-corrected chi connectivity index (χ0v) is 11.4. The van der Waals surface area contributed by atoms with Crippen molar-refractivity contribution in [1.82, 2.24) is 0 Å². The summed E-state index contributed by atoms with van der Waals surface area (Å²) in [5.41, 5.74) is 3.09. The molecular weight excluding hydrogens is 220 g/mol. The van der Waals surface area contributed by atoms with E-state index in [0.717, 1.165) is 23.6 Å². The van der Waals surface area contributed by atoms with Crippen LogP contribution in [0.25, 0.3) is 0 Å². The van der Waals surface area contributed by atoms with Gasteiger partial charge in [0.2, 0.25) is 0 Å². The molecule has 1 saturated carbocycles. The number of aryl methyl sites for hydroxylation is 1. The monoisotopic (exact) mass is 242 g/mol. The maximum atomic E-state index is 8.95. The quantitative estimate of drug-likeness (QED) is 0.804. The molecule has 0 N–H and O–H groups in total. The number of nitriles is 1. The first-order valence-corrected chi connectivity index (χ1v) is 6.92. The largest absolute Gasteiger partial charge is 0.374 e. The van der Waals surface area contributed by atoms with Crippen molar-refractivity contribution in [2.75, 3.05) is 18.5 Å².